The van der Waals surface area contributed by atoms with Gasteiger partial charge in [0.2, 0.25) is 11.0 Å². The molecule has 1 N–H and O–H groups in total. The number of aryl methyl sites for hydroxylation is 1. The van der Waals surface area contributed by atoms with Gasteiger partial charge in [0.15, 0.2) is 0 Å². The molecule has 3 amide bonds. The van der Waals surface area contributed by atoms with Gasteiger partial charge < -0.3 is 15.0 Å². The zero-order valence-corrected chi connectivity index (χ0v) is 19.6. The smallest absolute Gasteiger partial charge is 0.391 e. The van der Waals surface area contributed by atoms with E-state index >= 15 is 0 Å². The molecule has 1 aliphatic rings. The van der Waals surface area contributed by atoms with Gasteiger partial charge in [0.1, 0.15) is 0 Å². The van der Waals surface area contributed by atoms with Crippen LogP contribution in [0.3, 0.4) is 0 Å². The number of amides is 3. The van der Waals surface area contributed by atoms with E-state index in [2.05, 4.69) is 38.6 Å². The van der Waals surface area contributed by atoms with E-state index in [1.165, 1.54) is 12.3 Å². The number of carbonyl (C=O) groups excluding carboxylic acids is 2. The monoisotopic (exact) mass is 466 g/mol. The zero-order chi connectivity index (χ0) is 22.6. The average Bonchev–Trinajstić information content (AvgIpc) is 3.11. The van der Waals surface area contributed by atoms with Crippen LogP contribution in [-0.4, -0.2) is 66.1 Å². The number of rotatable bonds is 4. The number of urea groups is 1. The van der Waals surface area contributed by atoms with Gasteiger partial charge in [-0.05, 0) is 50.1 Å². The van der Waals surface area contributed by atoms with E-state index < -0.39 is 11.6 Å². The number of aromatic nitrogens is 5. The van der Waals surface area contributed by atoms with Crippen molar-refractivity contribution in [1.29, 1.82) is 0 Å². The van der Waals surface area contributed by atoms with E-state index in [0.29, 0.717) is 24.0 Å². The molecule has 2 aromatic heterocycles. The van der Waals surface area contributed by atoms with Crippen LogP contribution < -0.4 is 14.4 Å². The molecule has 3 heterocycles. The number of likely N-dealkylation sites (tertiary alicyclic amines) is 1. The van der Waals surface area contributed by atoms with Crippen LogP contribution in [0.5, 0.6) is 5.88 Å². The van der Waals surface area contributed by atoms with Gasteiger partial charge in [0.25, 0.3) is 0 Å². The van der Waals surface area contributed by atoms with Crippen LogP contribution in [0, 0.1) is 0 Å². The van der Waals surface area contributed by atoms with Crippen molar-refractivity contribution < 1.29 is 14.3 Å². The van der Waals surface area contributed by atoms with E-state index in [9.17, 15) is 9.59 Å². The predicted molar refractivity (Wildman–Crippen MR) is 119 cm³/mol. The topological polar surface area (TPSA) is 118 Å². The lowest BCUT2D eigenvalue weighted by molar-refractivity contribution is 0.142. The molecule has 11 nitrogen and oxygen atoms in total. The molecule has 1 aliphatic heterocycles. The fourth-order valence-electron chi connectivity index (χ4n) is 2.83. The Bertz CT molecular complexity index is 907. The van der Waals surface area contributed by atoms with Crippen LogP contribution in [0.15, 0.2) is 23.5 Å². The lowest BCUT2D eigenvalue weighted by Crippen LogP contribution is -2.45. The standard InChI is InChI=1S/C18H26N8O3S2/c1-18(2,3)20-15(27)26(30)12-5-6-14(19-11-12)29-17(28)25-9-7-13(8-10-25)31-16-21-22-23-24(16)4/h5-6,11,13,30H,7-10H2,1-4H3,(H,20,27). The summed E-state index contributed by atoms with van der Waals surface area (Å²) in [5.74, 6) is 0.161. The fraction of sp³-hybridized carbons (Fsp3) is 0.556. The molecule has 0 atom stereocenters. The van der Waals surface area contributed by atoms with Gasteiger partial charge >= 0.3 is 12.1 Å². The number of ether oxygens (including phenoxy) is 1. The number of thiol groups is 1. The first-order chi connectivity index (χ1) is 14.6. The summed E-state index contributed by atoms with van der Waals surface area (Å²) in [6, 6.07) is 2.77. The number of anilines is 1. The quantitative estimate of drug-likeness (QED) is 0.660. The van der Waals surface area contributed by atoms with Gasteiger partial charge in [-0.2, -0.15) is 0 Å². The maximum Gasteiger partial charge on any atom is 0.416 e. The second-order valence-electron chi connectivity index (χ2n) is 8.10. The van der Waals surface area contributed by atoms with Crippen LogP contribution in [0.1, 0.15) is 33.6 Å². The van der Waals surface area contributed by atoms with E-state index in [1.54, 1.807) is 34.5 Å². The first-order valence-corrected chi connectivity index (χ1v) is 11.0. The Balaban J connectivity index is 1.48. The average molecular weight is 467 g/mol. The number of pyridine rings is 1. The number of nitrogens with zero attached hydrogens (tertiary/aromatic N) is 7. The molecular weight excluding hydrogens is 440 g/mol. The van der Waals surface area contributed by atoms with Crippen molar-refractivity contribution in [3.05, 3.63) is 18.3 Å². The molecule has 13 heteroatoms. The molecule has 2 aromatic rings. The Labute approximate surface area is 190 Å². The molecule has 31 heavy (non-hydrogen) atoms. The van der Waals surface area contributed by atoms with Crippen molar-refractivity contribution in [2.24, 2.45) is 7.05 Å². The van der Waals surface area contributed by atoms with Crippen molar-refractivity contribution >= 4 is 42.4 Å². The maximum absolute atomic E-state index is 12.5. The summed E-state index contributed by atoms with van der Waals surface area (Å²) in [5.41, 5.74) is 0.0684. The highest BCUT2D eigenvalue weighted by molar-refractivity contribution is 7.99. The highest BCUT2D eigenvalue weighted by Crippen LogP contribution is 2.28. The zero-order valence-electron chi connectivity index (χ0n) is 17.8. The number of thioether (sulfide) groups is 1. The van der Waals surface area contributed by atoms with Crippen LogP contribution in [0.4, 0.5) is 15.3 Å². The molecule has 0 unspecified atom stereocenters. The number of hydrogen-bond acceptors (Lipinski definition) is 9. The summed E-state index contributed by atoms with van der Waals surface area (Å²) in [7, 11) is 1.80. The van der Waals surface area contributed by atoms with E-state index in [4.69, 9.17) is 4.74 Å². The second-order valence-corrected chi connectivity index (χ2v) is 9.77. The summed E-state index contributed by atoms with van der Waals surface area (Å²) in [6.45, 7) is 6.79. The highest BCUT2D eigenvalue weighted by atomic mass is 32.2. The molecule has 0 bridgehead atoms. The summed E-state index contributed by atoms with van der Waals surface area (Å²) in [4.78, 5) is 30.4. The predicted octanol–water partition coefficient (Wildman–Crippen LogP) is 2.52. The summed E-state index contributed by atoms with van der Waals surface area (Å²) in [5, 5.41) is 15.4. The number of nitrogens with one attached hydrogen (secondary N) is 1. The Hall–Kier alpha value is -2.54. The van der Waals surface area contributed by atoms with Crippen LogP contribution in [0.2, 0.25) is 0 Å². The molecular formula is C18H26N8O3S2. The van der Waals surface area contributed by atoms with Gasteiger partial charge in [-0.25, -0.2) is 23.6 Å². The third-order valence-electron chi connectivity index (χ3n) is 4.39. The Morgan fingerprint density at radius 2 is 2.00 bits per heavy atom. The number of piperidine rings is 1. The maximum atomic E-state index is 12.5. The van der Waals surface area contributed by atoms with Crippen LogP contribution in [0.25, 0.3) is 0 Å². The molecule has 0 aliphatic carbocycles. The van der Waals surface area contributed by atoms with E-state index in [-0.39, 0.29) is 11.9 Å². The molecule has 0 saturated carbocycles. The molecule has 3 rings (SSSR count). The van der Waals surface area contributed by atoms with Gasteiger partial charge in [0, 0.05) is 37.0 Å². The molecule has 1 fully saturated rings. The Kier molecular flexibility index (Phi) is 7.26. The minimum Gasteiger partial charge on any atom is -0.391 e. The van der Waals surface area contributed by atoms with Gasteiger partial charge in [0.05, 0.1) is 11.9 Å². The molecule has 168 valence electrons. The third kappa shape index (κ3) is 6.47. The summed E-state index contributed by atoms with van der Waals surface area (Å²) >= 11 is 5.83. The summed E-state index contributed by atoms with van der Waals surface area (Å²) < 4.78 is 8.17. The largest absolute Gasteiger partial charge is 0.416 e. The van der Waals surface area contributed by atoms with E-state index in [1.807, 2.05) is 20.8 Å². The van der Waals surface area contributed by atoms with Gasteiger partial charge in [-0.3, -0.25) is 0 Å². The Morgan fingerprint density at radius 1 is 1.29 bits per heavy atom. The molecule has 0 radical (unpaired) electrons. The molecule has 0 spiro atoms. The third-order valence-corrected chi connectivity index (χ3v) is 6.16. The molecule has 0 aromatic carbocycles. The first-order valence-electron chi connectivity index (χ1n) is 9.75. The number of tetrazole rings is 1. The van der Waals surface area contributed by atoms with Crippen LogP contribution in [-0.2, 0) is 7.05 Å². The van der Waals surface area contributed by atoms with Crippen molar-refractivity contribution in [3.8, 4) is 5.88 Å². The lowest BCUT2D eigenvalue weighted by Gasteiger charge is -2.30. The first kappa shape index (κ1) is 23.1. The van der Waals surface area contributed by atoms with Crippen molar-refractivity contribution in [2.45, 2.75) is 49.6 Å². The van der Waals surface area contributed by atoms with Crippen LogP contribution >= 0.6 is 24.6 Å². The molecule has 1 saturated heterocycles. The second kappa shape index (κ2) is 9.73. The SMILES string of the molecule is Cn1nnnc1SC1CCN(C(=O)Oc2ccc(N(S)C(=O)NC(C)(C)C)cn2)CC1. The minimum atomic E-state index is -0.447. The fourth-order valence-corrected chi connectivity index (χ4v) is 4.02. The van der Waals surface area contributed by atoms with Crippen molar-refractivity contribution in [3.63, 3.8) is 0 Å². The van der Waals surface area contributed by atoms with Crippen molar-refractivity contribution in [2.75, 3.05) is 17.4 Å². The van der Waals surface area contributed by atoms with Gasteiger partial charge in [-0.1, -0.05) is 24.6 Å². The lowest BCUT2D eigenvalue weighted by atomic mass is 10.1. The van der Waals surface area contributed by atoms with Crippen molar-refractivity contribution in [1.82, 2.24) is 35.4 Å². The van der Waals surface area contributed by atoms with E-state index in [0.717, 1.165) is 22.3 Å². The minimum absolute atomic E-state index is 0.161. The number of hydrogen-bond donors (Lipinski definition) is 2. The van der Waals surface area contributed by atoms with Gasteiger partial charge in [-0.15, -0.1) is 5.10 Å². The normalized spacial score (nSPS) is 14.9. The summed E-state index contributed by atoms with van der Waals surface area (Å²) in [6.07, 6.45) is 2.61. The Morgan fingerprint density at radius 3 is 2.55 bits per heavy atom. The highest BCUT2D eigenvalue weighted by Gasteiger charge is 2.26. The number of carbonyl (C=O) groups is 2.